The SMILES string of the molecule is CC(=O)[C@H](CCc1ccncc1)NC(=O)[C@@H]1CC(C2CCCCC2)CN1C(=O)CC(N)c1ccco1. The average Bonchev–Trinajstić information content (AvgIpc) is 3.58. The quantitative estimate of drug-likeness (QED) is 0.521. The molecule has 2 unspecified atom stereocenters. The molecule has 0 spiro atoms. The van der Waals surface area contributed by atoms with E-state index in [1.807, 2.05) is 12.1 Å². The molecule has 0 aromatic carbocycles. The van der Waals surface area contributed by atoms with Crippen molar-refractivity contribution in [2.45, 2.75) is 82.8 Å². The fraction of sp³-hybridized carbons (Fsp3) is 0.571. The summed E-state index contributed by atoms with van der Waals surface area (Å²) in [4.78, 5) is 45.0. The maximum Gasteiger partial charge on any atom is 0.243 e. The normalized spacial score (nSPS) is 22.2. The summed E-state index contributed by atoms with van der Waals surface area (Å²) in [5.41, 5.74) is 7.29. The maximum absolute atomic E-state index is 13.5. The second kappa shape index (κ2) is 12.3. The minimum atomic E-state index is -0.596. The van der Waals surface area contributed by atoms with Crippen molar-refractivity contribution in [2.75, 3.05) is 6.54 Å². The number of likely N-dealkylation sites (tertiary alicyclic amines) is 1. The number of ketones is 1. The van der Waals surface area contributed by atoms with Crippen LogP contribution in [0.5, 0.6) is 0 Å². The maximum atomic E-state index is 13.5. The van der Waals surface area contributed by atoms with Crippen molar-refractivity contribution < 1.29 is 18.8 Å². The van der Waals surface area contributed by atoms with Crippen LogP contribution in [0, 0.1) is 11.8 Å². The van der Waals surface area contributed by atoms with E-state index in [-0.39, 0.29) is 29.9 Å². The molecule has 2 aromatic rings. The van der Waals surface area contributed by atoms with Crippen molar-refractivity contribution in [1.82, 2.24) is 15.2 Å². The zero-order valence-corrected chi connectivity index (χ0v) is 21.1. The number of furan rings is 1. The molecular formula is C28H38N4O4. The van der Waals surface area contributed by atoms with Crippen LogP contribution in [0.2, 0.25) is 0 Å². The smallest absolute Gasteiger partial charge is 0.243 e. The summed E-state index contributed by atoms with van der Waals surface area (Å²) in [7, 11) is 0. The number of rotatable bonds is 10. The Balaban J connectivity index is 1.44. The summed E-state index contributed by atoms with van der Waals surface area (Å²) in [5, 5.41) is 2.97. The number of aryl methyl sites for hydroxylation is 1. The highest BCUT2D eigenvalue weighted by atomic mass is 16.3. The van der Waals surface area contributed by atoms with Crippen molar-refractivity contribution in [1.29, 1.82) is 0 Å². The van der Waals surface area contributed by atoms with Crippen LogP contribution in [0.25, 0.3) is 0 Å². The Labute approximate surface area is 213 Å². The number of hydrogen-bond acceptors (Lipinski definition) is 6. The minimum absolute atomic E-state index is 0.0762. The van der Waals surface area contributed by atoms with E-state index in [1.54, 1.807) is 35.7 Å². The van der Waals surface area contributed by atoms with Crippen LogP contribution in [0.1, 0.15) is 75.7 Å². The third kappa shape index (κ3) is 6.60. The molecule has 1 aliphatic carbocycles. The molecule has 0 bridgehead atoms. The second-order valence-electron chi connectivity index (χ2n) is 10.3. The average molecular weight is 495 g/mol. The first-order valence-corrected chi connectivity index (χ1v) is 13.2. The van der Waals surface area contributed by atoms with E-state index in [0.29, 0.717) is 37.5 Å². The van der Waals surface area contributed by atoms with Crippen LogP contribution < -0.4 is 11.1 Å². The standard InChI is InChI=1S/C28H38N4O4/c1-19(33)24(10-9-20-11-13-30-14-12-20)31-28(35)25-16-22(21-6-3-2-4-7-21)18-32(25)27(34)17-23(29)26-8-5-15-36-26/h5,8,11-15,21-25H,2-4,6-7,9-10,16-18,29H2,1H3,(H,31,35)/t22?,23?,24-,25-/m0/s1. The van der Waals surface area contributed by atoms with Crippen LogP contribution in [-0.2, 0) is 20.8 Å². The molecule has 3 heterocycles. The molecule has 1 aliphatic heterocycles. The van der Waals surface area contributed by atoms with Crippen LogP contribution >= 0.6 is 0 Å². The van der Waals surface area contributed by atoms with E-state index >= 15 is 0 Å². The predicted molar refractivity (Wildman–Crippen MR) is 136 cm³/mol. The molecule has 2 aliphatic rings. The second-order valence-corrected chi connectivity index (χ2v) is 10.3. The van der Waals surface area contributed by atoms with Gasteiger partial charge in [0.2, 0.25) is 11.8 Å². The van der Waals surface area contributed by atoms with Gasteiger partial charge in [0.25, 0.3) is 0 Å². The van der Waals surface area contributed by atoms with Gasteiger partial charge < -0.3 is 20.4 Å². The number of nitrogens with one attached hydrogen (secondary N) is 1. The molecular weight excluding hydrogens is 456 g/mol. The molecule has 8 heteroatoms. The Hall–Kier alpha value is -3.00. The van der Waals surface area contributed by atoms with Gasteiger partial charge >= 0.3 is 0 Å². The molecule has 2 fully saturated rings. The summed E-state index contributed by atoms with van der Waals surface area (Å²) < 4.78 is 5.38. The topological polar surface area (TPSA) is 119 Å². The molecule has 8 nitrogen and oxygen atoms in total. The van der Waals surface area contributed by atoms with Crippen molar-refractivity contribution in [3.05, 3.63) is 54.2 Å². The number of carbonyl (C=O) groups excluding carboxylic acids is 3. The fourth-order valence-electron chi connectivity index (χ4n) is 5.75. The highest BCUT2D eigenvalue weighted by molar-refractivity contribution is 5.92. The van der Waals surface area contributed by atoms with Crippen molar-refractivity contribution in [2.24, 2.45) is 17.6 Å². The lowest BCUT2D eigenvalue weighted by atomic mass is 9.79. The fourth-order valence-corrected chi connectivity index (χ4v) is 5.75. The zero-order chi connectivity index (χ0) is 25.5. The summed E-state index contributed by atoms with van der Waals surface area (Å²) in [6, 6.07) is 5.59. The minimum Gasteiger partial charge on any atom is -0.468 e. The molecule has 1 saturated carbocycles. The monoisotopic (exact) mass is 494 g/mol. The third-order valence-corrected chi connectivity index (χ3v) is 7.85. The number of carbonyl (C=O) groups is 3. The van der Waals surface area contributed by atoms with Gasteiger partial charge in [0.15, 0.2) is 5.78 Å². The first-order valence-electron chi connectivity index (χ1n) is 13.2. The number of hydrogen-bond donors (Lipinski definition) is 2. The molecule has 4 rings (SSSR count). The van der Waals surface area contributed by atoms with Gasteiger partial charge in [0, 0.05) is 25.4 Å². The van der Waals surface area contributed by atoms with Gasteiger partial charge in [0.05, 0.1) is 18.3 Å². The summed E-state index contributed by atoms with van der Waals surface area (Å²) in [6.07, 6.45) is 12.8. The van der Waals surface area contributed by atoms with Gasteiger partial charge in [-0.15, -0.1) is 0 Å². The Kier molecular flexibility index (Phi) is 8.91. The lowest BCUT2D eigenvalue weighted by Gasteiger charge is -2.28. The number of nitrogens with zero attached hydrogens (tertiary/aromatic N) is 2. The van der Waals surface area contributed by atoms with E-state index in [1.165, 1.54) is 26.2 Å². The zero-order valence-electron chi connectivity index (χ0n) is 21.1. The largest absolute Gasteiger partial charge is 0.468 e. The molecule has 194 valence electrons. The highest BCUT2D eigenvalue weighted by Crippen LogP contribution is 2.38. The van der Waals surface area contributed by atoms with Crippen LogP contribution in [0.15, 0.2) is 47.3 Å². The van der Waals surface area contributed by atoms with Gasteiger partial charge in [-0.25, -0.2) is 0 Å². The van der Waals surface area contributed by atoms with E-state index in [4.69, 9.17) is 10.2 Å². The van der Waals surface area contributed by atoms with Crippen LogP contribution in [-0.4, -0.2) is 46.1 Å². The van der Waals surface area contributed by atoms with E-state index in [0.717, 1.165) is 18.4 Å². The number of nitrogens with two attached hydrogens (primary N) is 1. The molecule has 2 amide bonds. The first-order chi connectivity index (χ1) is 17.4. The number of aromatic nitrogens is 1. The van der Waals surface area contributed by atoms with Crippen LogP contribution in [0.4, 0.5) is 0 Å². The number of pyridine rings is 1. The number of amides is 2. The van der Waals surface area contributed by atoms with Gasteiger partial charge in [-0.3, -0.25) is 19.4 Å². The molecule has 2 aromatic heterocycles. The van der Waals surface area contributed by atoms with Gasteiger partial charge in [-0.1, -0.05) is 32.1 Å². The molecule has 0 radical (unpaired) electrons. The Morgan fingerprint density at radius 2 is 1.89 bits per heavy atom. The van der Waals surface area contributed by atoms with E-state index in [2.05, 4.69) is 10.3 Å². The van der Waals surface area contributed by atoms with E-state index < -0.39 is 18.1 Å². The van der Waals surface area contributed by atoms with E-state index in [9.17, 15) is 14.4 Å². The van der Waals surface area contributed by atoms with Crippen molar-refractivity contribution in [3.63, 3.8) is 0 Å². The summed E-state index contributed by atoms with van der Waals surface area (Å²) >= 11 is 0. The Morgan fingerprint density at radius 1 is 1.14 bits per heavy atom. The van der Waals surface area contributed by atoms with Gasteiger partial charge in [-0.2, -0.15) is 0 Å². The Bertz CT molecular complexity index is 1000. The Morgan fingerprint density at radius 3 is 2.56 bits per heavy atom. The van der Waals surface area contributed by atoms with Crippen molar-refractivity contribution >= 4 is 17.6 Å². The van der Waals surface area contributed by atoms with Crippen LogP contribution in [0.3, 0.4) is 0 Å². The van der Waals surface area contributed by atoms with Gasteiger partial charge in [0.1, 0.15) is 11.8 Å². The number of Topliss-reactive ketones (excluding diaryl/α,β-unsaturated/α-hetero) is 1. The lowest BCUT2D eigenvalue weighted by Crippen LogP contribution is -2.50. The molecule has 1 saturated heterocycles. The molecule has 36 heavy (non-hydrogen) atoms. The van der Waals surface area contributed by atoms with Crippen molar-refractivity contribution in [3.8, 4) is 0 Å². The summed E-state index contributed by atoms with van der Waals surface area (Å²) in [5.74, 6) is 0.895. The van der Waals surface area contributed by atoms with Gasteiger partial charge in [-0.05, 0) is 67.9 Å². The molecule has 3 N–H and O–H groups in total. The predicted octanol–water partition coefficient (Wildman–Crippen LogP) is 3.57. The molecule has 4 atom stereocenters. The lowest BCUT2D eigenvalue weighted by molar-refractivity contribution is -0.139. The highest BCUT2D eigenvalue weighted by Gasteiger charge is 2.43. The summed E-state index contributed by atoms with van der Waals surface area (Å²) in [6.45, 7) is 2.07. The third-order valence-electron chi connectivity index (χ3n) is 7.85. The first kappa shape index (κ1) is 26.1.